The SMILES string of the molecule is CCC[C@@H](COS(=O)(=O)c1ccc(C)cc1)NS(=O)(=O)c1ccc(C)cc1. The predicted molar refractivity (Wildman–Crippen MR) is 105 cm³/mol. The lowest BCUT2D eigenvalue weighted by Gasteiger charge is -2.18. The number of hydrogen-bond donors (Lipinski definition) is 1. The average molecular weight is 412 g/mol. The molecule has 0 aliphatic rings. The van der Waals surface area contributed by atoms with Gasteiger partial charge in [-0.2, -0.15) is 8.42 Å². The second-order valence-electron chi connectivity index (χ2n) is 6.47. The number of nitrogens with one attached hydrogen (secondary N) is 1. The van der Waals surface area contributed by atoms with Crippen molar-refractivity contribution in [3.8, 4) is 0 Å². The molecule has 0 aliphatic carbocycles. The molecular formula is C19H25NO5S2. The fourth-order valence-electron chi connectivity index (χ4n) is 2.47. The first-order valence-corrected chi connectivity index (χ1v) is 11.6. The Morgan fingerprint density at radius 2 is 1.33 bits per heavy atom. The summed E-state index contributed by atoms with van der Waals surface area (Å²) < 4.78 is 57.4. The molecule has 0 radical (unpaired) electrons. The van der Waals surface area contributed by atoms with Gasteiger partial charge in [-0.3, -0.25) is 4.18 Å². The van der Waals surface area contributed by atoms with Crippen LogP contribution in [0, 0.1) is 13.8 Å². The van der Waals surface area contributed by atoms with Gasteiger partial charge in [0.05, 0.1) is 16.4 Å². The number of sulfonamides is 1. The third-order valence-electron chi connectivity index (χ3n) is 4.02. The quantitative estimate of drug-likeness (QED) is 0.640. The second kappa shape index (κ2) is 8.97. The van der Waals surface area contributed by atoms with Crippen molar-refractivity contribution in [2.24, 2.45) is 0 Å². The molecule has 27 heavy (non-hydrogen) atoms. The van der Waals surface area contributed by atoms with Crippen LogP contribution in [0.15, 0.2) is 58.3 Å². The predicted octanol–water partition coefficient (Wildman–Crippen LogP) is 3.16. The van der Waals surface area contributed by atoms with Crippen molar-refractivity contribution < 1.29 is 21.0 Å². The van der Waals surface area contributed by atoms with E-state index in [0.29, 0.717) is 12.8 Å². The first-order valence-electron chi connectivity index (χ1n) is 8.69. The molecule has 0 bridgehead atoms. The van der Waals surface area contributed by atoms with Gasteiger partial charge in [0.15, 0.2) is 0 Å². The molecule has 1 atom stereocenters. The lowest BCUT2D eigenvalue weighted by molar-refractivity contribution is 0.275. The third kappa shape index (κ3) is 6.14. The van der Waals surface area contributed by atoms with E-state index < -0.39 is 26.2 Å². The molecule has 0 saturated heterocycles. The summed E-state index contributed by atoms with van der Waals surface area (Å²) in [4.78, 5) is 0.181. The van der Waals surface area contributed by atoms with E-state index in [9.17, 15) is 16.8 Å². The van der Waals surface area contributed by atoms with Crippen molar-refractivity contribution >= 4 is 20.1 Å². The molecule has 0 amide bonds. The zero-order valence-electron chi connectivity index (χ0n) is 15.7. The molecular weight excluding hydrogens is 386 g/mol. The Balaban J connectivity index is 2.10. The maximum Gasteiger partial charge on any atom is 0.297 e. The van der Waals surface area contributed by atoms with E-state index in [1.807, 2.05) is 20.8 Å². The van der Waals surface area contributed by atoms with Crippen LogP contribution in [-0.2, 0) is 24.3 Å². The van der Waals surface area contributed by atoms with Gasteiger partial charge in [0.2, 0.25) is 10.0 Å². The summed E-state index contributed by atoms with van der Waals surface area (Å²) >= 11 is 0. The zero-order chi connectivity index (χ0) is 20.1. The summed E-state index contributed by atoms with van der Waals surface area (Å²) in [6.07, 6.45) is 1.13. The Kier molecular flexibility index (Phi) is 7.16. The van der Waals surface area contributed by atoms with E-state index >= 15 is 0 Å². The first kappa shape index (κ1) is 21.6. The standard InChI is InChI=1S/C19H25NO5S2/c1-4-5-17(20-26(21,22)18-10-6-15(2)7-11-18)14-25-27(23,24)19-12-8-16(3)9-13-19/h6-13,17,20H,4-5,14H2,1-3H3/t17-/m0/s1. The first-order chi connectivity index (χ1) is 12.6. The number of aryl methyl sites for hydroxylation is 2. The third-order valence-corrected chi connectivity index (χ3v) is 6.86. The lowest BCUT2D eigenvalue weighted by atomic mass is 10.2. The maximum absolute atomic E-state index is 12.5. The van der Waals surface area contributed by atoms with E-state index in [1.54, 1.807) is 24.3 Å². The number of rotatable bonds is 9. The van der Waals surface area contributed by atoms with Gasteiger partial charge in [-0.25, -0.2) is 13.1 Å². The van der Waals surface area contributed by atoms with Gasteiger partial charge in [-0.05, 0) is 44.5 Å². The Labute approximate surface area is 161 Å². The smallest absolute Gasteiger partial charge is 0.265 e. The van der Waals surface area contributed by atoms with Crippen LogP contribution in [0.1, 0.15) is 30.9 Å². The van der Waals surface area contributed by atoms with Crippen LogP contribution in [0.2, 0.25) is 0 Å². The summed E-state index contributed by atoms with van der Waals surface area (Å²) in [6, 6.07) is 12.1. The molecule has 0 unspecified atom stereocenters. The van der Waals surface area contributed by atoms with E-state index in [1.165, 1.54) is 24.3 Å². The molecule has 8 heteroatoms. The lowest BCUT2D eigenvalue weighted by Crippen LogP contribution is -2.38. The topological polar surface area (TPSA) is 89.5 Å². The van der Waals surface area contributed by atoms with Crippen molar-refractivity contribution in [3.05, 3.63) is 59.7 Å². The highest BCUT2D eigenvalue weighted by molar-refractivity contribution is 7.89. The van der Waals surface area contributed by atoms with Crippen LogP contribution in [0.25, 0.3) is 0 Å². The fraction of sp³-hybridized carbons (Fsp3) is 0.368. The van der Waals surface area contributed by atoms with Crippen molar-refractivity contribution in [2.45, 2.75) is 49.4 Å². The molecule has 0 aliphatic heterocycles. The minimum Gasteiger partial charge on any atom is -0.265 e. The van der Waals surface area contributed by atoms with Crippen LogP contribution in [-0.4, -0.2) is 29.5 Å². The van der Waals surface area contributed by atoms with Gasteiger partial charge < -0.3 is 0 Å². The molecule has 2 aromatic carbocycles. The van der Waals surface area contributed by atoms with Crippen LogP contribution in [0.5, 0.6) is 0 Å². The highest BCUT2D eigenvalue weighted by Crippen LogP contribution is 2.16. The average Bonchev–Trinajstić information content (AvgIpc) is 2.60. The van der Waals surface area contributed by atoms with Crippen LogP contribution < -0.4 is 4.72 Å². The molecule has 6 nitrogen and oxygen atoms in total. The Hall–Kier alpha value is -1.74. The Bertz CT molecular complexity index is 950. The summed E-state index contributed by atoms with van der Waals surface area (Å²) in [5, 5.41) is 0. The van der Waals surface area contributed by atoms with Crippen LogP contribution >= 0.6 is 0 Å². The largest absolute Gasteiger partial charge is 0.297 e. The summed E-state index contributed by atoms with van der Waals surface area (Å²) in [5.41, 5.74) is 1.88. The van der Waals surface area contributed by atoms with E-state index in [2.05, 4.69) is 4.72 Å². The molecule has 0 heterocycles. The van der Waals surface area contributed by atoms with Gasteiger partial charge >= 0.3 is 0 Å². The van der Waals surface area contributed by atoms with Gasteiger partial charge in [0, 0.05) is 6.04 Å². The molecule has 2 rings (SSSR count). The molecule has 0 spiro atoms. The second-order valence-corrected chi connectivity index (χ2v) is 9.80. The van der Waals surface area contributed by atoms with Gasteiger partial charge in [0.1, 0.15) is 0 Å². The van der Waals surface area contributed by atoms with Gasteiger partial charge in [0.25, 0.3) is 10.1 Å². The highest BCUT2D eigenvalue weighted by atomic mass is 32.2. The molecule has 0 saturated carbocycles. The van der Waals surface area contributed by atoms with Crippen molar-refractivity contribution in [1.29, 1.82) is 0 Å². The summed E-state index contributed by atoms with van der Waals surface area (Å²) in [6.45, 7) is 5.35. The maximum atomic E-state index is 12.5. The van der Waals surface area contributed by atoms with E-state index in [-0.39, 0.29) is 16.4 Å². The van der Waals surface area contributed by atoms with Crippen molar-refractivity contribution in [3.63, 3.8) is 0 Å². The Morgan fingerprint density at radius 1 is 0.852 bits per heavy atom. The molecule has 148 valence electrons. The van der Waals surface area contributed by atoms with Gasteiger partial charge in [-0.15, -0.1) is 0 Å². The monoisotopic (exact) mass is 411 g/mol. The minimum absolute atomic E-state index is 0.0461. The molecule has 1 N–H and O–H groups in total. The normalized spacial score (nSPS) is 13.4. The van der Waals surface area contributed by atoms with Crippen molar-refractivity contribution in [2.75, 3.05) is 6.61 Å². The van der Waals surface area contributed by atoms with E-state index in [4.69, 9.17) is 4.18 Å². The Morgan fingerprint density at radius 3 is 1.81 bits per heavy atom. The minimum atomic E-state index is -3.95. The molecule has 2 aromatic rings. The number of hydrogen-bond acceptors (Lipinski definition) is 5. The van der Waals surface area contributed by atoms with E-state index in [0.717, 1.165) is 11.1 Å². The van der Waals surface area contributed by atoms with Crippen molar-refractivity contribution in [1.82, 2.24) is 4.72 Å². The van der Waals surface area contributed by atoms with Gasteiger partial charge in [-0.1, -0.05) is 48.7 Å². The zero-order valence-corrected chi connectivity index (χ0v) is 17.3. The number of benzene rings is 2. The molecule has 0 aromatic heterocycles. The highest BCUT2D eigenvalue weighted by Gasteiger charge is 2.23. The fourth-order valence-corrected chi connectivity index (χ4v) is 4.68. The van der Waals surface area contributed by atoms with Crippen LogP contribution in [0.3, 0.4) is 0 Å². The molecule has 0 fully saturated rings. The summed E-state index contributed by atoms with van der Waals surface area (Å²) in [7, 11) is -7.71. The summed E-state index contributed by atoms with van der Waals surface area (Å²) in [5.74, 6) is 0. The van der Waals surface area contributed by atoms with Crippen LogP contribution in [0.4, 0.5) is 0 Å².